The summed E-state index contributed by atoms with van der Waals surface area (Å²) >= 11 is 0. The highest BCUT2D eigenvalue weighted by molar-refractivity contribution is 7.91. The monoisotopic (exact) mass is 281 g/mol. The number of hydrogen-bond donors (Lipinski definition) is 1. The number of hydrogen-bond acceptors (Lipinski definition) is 4. The molecule has 1 N–H and O–H groups in total. The lowest BCUT2D eigenvalue weighted by atomic mass is 10.1. The van der Waals surface area contributed by atoms with Crippen LogP contribution in [0.15, 0.2) is 23.1 Å². The van der Waals surface area contributed by atoms with Crippen molar-refractivity contribution < 1.29 is 8.42 Å². The van der Waals surface area contributed by atoms with Crippen LogP contribution in [0.25, 0.3) is 11.0 Å². The maximum Gasteiger partial charge on any atom is 0.177 e. The molecule has 5 nitrogen and oxygen atoms in total. The summed E-state index contributed by atoms with van der Waals surface area (Å²) in [5.41, 5.74) is 1.02. The molecule has 104 valence electrons. The number of rotatable bonds is 3. The van der Waals surface area contributed by atoms with Crippen LogP contribution in [0.3, 0.4) is 0 Å². The molecule has 0 unspecified atom stereocenters. The predicted octanol–water partition coefficient (Wildman–Crippen LogP) is 1.43. The second-order valence-electron chi connectivity index (χ2n) is 5.27. The van der Waals surface area contributed by atoms with Crippen LogP contribution in [-0.2, 0) is 22.4 Å². The molecule has 0 bridgehead atoms. The molecule has 1 aromatic heterocycles. The molecule has 0 radical (unpaired) electrons. The summed E-state index contributed by atoms with van der Waals surface area (Å²) in [5, 5.41) is 3.18. The third kappa shape index (κ3) is 2.26. The minimum absolute atomic E-state index is 0.277. The van der Waals surface area contributed by atoms with Gasteiger partial charge in [-0.3, -0.25) is 0 Å². The van der Waals surface area contributed by atoms with E-state index in [1.54, 1.807) is 12.1 Å². The highest BCUT2D eigenvalue weighted by Crippen LogP contribution is 2.27. The first-order valence-electron chi connectivity index (χ1n) is 6.03. The molecule has 1 heterocycles. The van der Waals surface area contributed by atoms with Crippen molar-refractivity contribution in [2.45, 2.75) is 24.3 Å². The summed E-state index contributed by atoms with van der Waals surface area (Å²) < 4.78 is 25.6. The number of imidazole rings is 1. The summed E-state index contributed by atoms with van der Waals surface area (Å²) in [6, 6.07) is 5.23. The first kappa shape index (κ1) is 14.0. The van der Waals surface area contributed by atoms with Crippen molar-refractivity contribution >= 4 is 20.9 Å². The zero-order chi connectivity index (χ0) is 14.4. The Kier molecular flexibility index (Phi) is 3.18. The minimum atomic E-state index is -3.28. The highest BCUT2D eigenvalue weighted by atomic mass is 32.2. The second kappa shape index (κ2) is 4.31. The minimum Gasteiger partial charge on any atom is -0.330 e. The van der Waals surface area contributed by atoms with Gasteiger partial charge < -0.3 is 9.88 Å². The van der Waals surface area contributed by atoms with Crippen LogP contribution in [0.2, 0.25) is 0 Å². The zero-order valence-corrected chi connectivity index (χ0v) is 12.7. The van der Waals surface area contributed by atoms with Gasteiger partial charge in [-0.2, -0.15) is 0 Å². The van der Waals surface area contributed by atoms with Gasteiger partial charge in [-0.1, -0.05) is 6.07 Å². The van der Waals surface area contributed by atoms with Crippen molar-refractivity contribution in [1.82, 2.24) is 14.9 Å². The number of nitrogens with zero attached hydrogens (tertiary/aromatic N) is 2. The van der Waals surface area contributed by atoms with Crippen molar-refractivity contribution in [3.63, 3.8) is 0 Å². The topological polar surface area (TPSA) is 64.0 Å². The summed E-state index contributed by atoms with van der Waals surface area (Å²) in [4.78, 5) is 4.82. The molecule has 0 aliphatic heterocycles. The molecule has 19 heavy (non-hydrogen) atoms. The van der Waals surface area contributed by atoms with E-state index < -0.39 is 9.84 Å². The van der Waals surface area contributed by atoms with E-state index in [2.05, 4.69) is 10.3 Å². The summed E-state index contributed by atoms with van der Waals surface area (Å²) in [6.07, 6.45) is 1.21. The van der Waals surface area contributed by atoms with Gasteiger partial charge in [0.15, 0.2) is 9.84 Å². The van der Waals surface area contributed by atoms with Crippen molar-refractivity contribution in [3.8, 4) is 0 Å². The molecule has 0 spiro atoms. The van der Waals surface area contributed by atoms with Gasteiger partial charge in [0.05, 0.1) is 16.0 Å². The molecule has 2 aromatic rings. The normalized spacial score (nSPS) is 13.1. The molecule has 2 rings (SSSR count). The lowest BCUT2D eigenvalue weighted by molar-refractivity contribution is 0.406. The van der Waals surface area contributed by atoms with Crippen LogP contribution in [0, 0.1) is 0 Å². The predicted molar refractivity (Wildman–Crippen MR) is 75.9 cm³/mol. The second-order valence-corrected chi connectivity index (χ2v) is 7.25. The Balaban J connectivity index is 2.85. The Morgan fingerprint density at radius 3 is 2.47 bits per heavy atom. The average molecular weight is 281 g/mol. The van der Waals surface area contributed by atoms with E-state index in [-0.39, 0.29) is 10.4 Å². The number of benzene rings is 1. The fourth-order valence-corrected chi connectivity index (χ4v) is 2.99. The Labute approximate surface area is 113 Å². The highest BCUT2D eigenvalue weighted by Gasteiger charge is 2.26. The van der Waals surface area contributed by atoms with Crippen LogP contribution in [0.5, 0.6) is 0 Å². The average Bonchev–Trinajstić information content (AvgIpc) is 2.66. The Bertz CT molecular complexity index is 730. The van der Waals surface area contributed by atoms with Crippen molar-refractivity contribution in [2.24, 2.45) is 7.05 Å². The standard InChI is InChI=1S/C13H19N3O2S/c1-13(2,14-3)12-15-11-9(16(12)4)7-6-8-10(11)19(5,17)18/h6-8,14H,1-5H3. The fourth-order valence-electron chi connectivity index (χ4n) is 2.16. The number of nitrogens with one attached hydrogen (secondary N) is 1. The van der Waals surface area contributed by atoms with E-state index >= 15 is 0 Å². The van der Waals surface area contributed by atoms with Gasteiger partial charge in [-0.25, -0.2) is 13.4 Å². The van der Waals surface area contributed by atoms with Gasteiger partial charge in [0.2, 0.25) is 0 Å². The van der Waals surface area contributed by atoms with Gasteiger partial charge in [0, 0.05) is 13.3 Å². The van der Waals surface area contributed by atoms with Crippen molar-refractivity contribution in [2.75, 3.05) is 13.3 Å². The summed E-state index contributed by atoms with van der Waals surface area (Å²) in [7, 11) is 0.475. The maximum absolute atomic E-state index is 11.8. The summed E-state index contributed by atoms with van der Waals surface area (Å²) in [6.45, 7) is 4.02. The van der Waals surface area contributed by atoms with Gasteiger partial charge >= 0.3 is 0 Å². The van der Waals surface area contributed by atoms with Crippen molar-refractivity contribution in [3.05, 3.63) is 24.0 Å². The number of sulfone groups is 1. The lowest BCUT2D eigenvalue weighted by Crippen LogP contribution is -2.35. The van der Waals surface area contributed by atoms with E-state index in [0.717, 1.165) is 11.3 Å². The third-order valence-electron chi connectivity index (χ3n) is 3.46. The largest absolute Gasteiger partial charge is 0.330 e. The maximum atomic E-state index is 11.8. The molecule has 0 fully saturated rings. The molecular weight excluding hydrogens is 262 g/mol. The van der Waals surface area contributed by atoms with Crippen LogP contribution in [-0.4, -0.2) is 31.3 Å². The van der Waals surface area contributed by atoms with E-state index in [9.17, 15) is 8.42 Å². The van der Waals surface area contributed by atoms with Gasteiger partial charge in [0.1, 0.15) is 11.3 Å². The van der Waals surface area contributed by atoms with E-state index in [1.807, 2.05) is 38.6 Å². The first-order valence-corrected chi connectivity index (χ1v) is 7.92. The molecule has 0 aliphatic rings. The molecule has 0 saturated carbocycles. The summed E-state index contributed by atoms with van der Waals surface area (Å²) in [5.74, 6) is 0.807. The molecule has 0 amide bonds. The van der Waals surface area contributed by atoms with Crippen LogP contribution < -0.4 is 5.32 Å². The molecule has 0 aliphatic carbocycles. The fraction of sp³-hybridized carbons (Fsp3) is 0.462. The number of para-hydroxylation sites is 1. The number of fused-ring (bicyclic) bond motifs is 1. The van der Waals surface area contributed by atoms with Gasteiger partial charge in [0.25, 0.3) is 0 Å². The first-order chi connectivity index (χ1) is 8.68. The molecule has 1 aromatic carbocycles. The van der Waals surface area contributed by atoms with Crippen LogP contribution in [0.4, 0.5) is 0 Å². The molecule has 0 atom stereocenters. The lowest BCUT2D eigenvalue weighted by Gasteiger charge is -2.23. The Hall–Kier alpha value is -1.40. The van der Waals surface area contributed by atoms with E-state index in [0.29, 0.717) is 5.52 Å². The molecule has 0 saturated heterocycles. The van der Waals surface area contributed by atoms with Crippen LogP contribution >= 0.6 is 0 Å². The van der Waals surface area contributed by atoms with Gasteiger partial charge in [-0.05, 0) is 33.0 Å². The van der Waals surface area contributed by atoms with Gasteiger partial charge in [-0.15, -0.1) is 0 Å². The molecule has 6 heteroatoms. The Morgan fingerprint density at radius 2 is 1.95 bits per heavy atom. The van der Waals surface area contributed by atoms with Crippen LogP contribution in [0.1, 0.15) is 19.7 Å². The van der Waals surface area contributed by atoms with E-state index in [1.165, 1.54) is 6.26 Å². The smallest absolute Gasteiger partial charge is 0.177 e. The number of aromatic nitrogens is 2. The van der Waals surface area contributed by atoms with E-state index in [4.69, 9.17) is 0 Å². The van der Waals surface area contributed by atoms with Crippen molar-refractivity contribution in [1.29, 1.82) is 0 Å². The quantitative estimate of drug-likeness (QED) is 0.924. The third-order valence-corrected chi connectivity index (χ3v) is 4.59. The SMILES string of the molecule is CNC(C)(C)c1nc2c(S(C)(=O)=O)cccc2n1C. The number of aryl methyl sites for hydroxylation is 1. The Morgan fingerprint density at radius 1 is 1.32 bits per heavy atom. The molecular formula is C13H19N3O2S. The zero-order valence-electron chi connectivity index (χ0n) is 11.9.